The summed E-state index contributed by atoms with van der Waals surface area (Å²) in [5, 5.41) is 10.8. The lowest BCUT2D eigenvalue weighted by Gasteiger charge is -2.28. The van der Waals surface area contributed by atoms with E-state index >= 15 is 0 Å². The summed E-state index contributed by atoms with van der Waals surface area (Å²) in [6.07, 6.45) is 2.47. The van der Waals surface area contributed by atoms with Crippen LogP contribution in [0.3, 0.4) is 0 Å². The van der Waals surface area contributed by atoms with Gasteiger partial charge in [-0.1, -0.05) is 30.3 Å². The van der Waals surface area contributed by atoms with Gasteiger partial charge in [-0.2, -0.15) is 0 Å². The molecule has 5 nitrogen and oxygen atoms in total. The number of nitro groups is 1. The molecular formula is C19H18N2O3. The number of para-hydroxylation sites is 1. The molecule has 2 aromatic rings. The predicted octanol–water partition coefficient (Wildman–Crippen LogP) is 3.60. The number of anilines is 1. The van der Waals surface area contributed by atoms with E-state index < -0.39 is 10.3 Å². The van der Waals surface area contributed by atoms with Gasteiger partial charge in [0, 0.05) is 23.9 Å². The first-order valence-electron chi connectivity index (χ1n) is 8.19. The Morgan fingerprint density at radius 3 is 2.46 bits per heavy atom. The number of nitro benzene ring substituents is 1. The third-order valence-corrected chi connectivity index (χ3v) is 5.22. The first-order chi connectivity index (χ1) is 11.5. The first-order valence-corrected chi connectivity index (χ1v) is 8.19. The van der Waals surface area contributed by atoms with Crippen molar-refractivity contribution in [2.75, 3.05) is 4.90 Å². The Kier molecular flexibility index (Phi) is 3.20. The molecule has 0 aromatic heterocycles. The average molecular weight is 322 g/mol. The van der Waals surface area contributed by atoms with E-state index in [-0.39, 0.29) is 17.6 Å². The Morgan fingerprint density at radius 2 is 1.83 bits per heavy atom. The lowest BCUT2D eigenvalue weighted by molar-refractivity contribution is -0.384. The number of hydrogen-bond donors (Lipinski definition) is 0. The minimum atomic E-state index is -0.513. The fourth-order valence-corrected chi connectivity index (χ4v) is 3.76. The zero-order valence-corrected chi connectivity index (χ0v) is 13.4. The van der Waals surface area contributed by atoms with E-state index in [2.05, 4.69) is 13.0 Å². The first kappa shape index (κ1) is 14.9. The third kappa shape index (κ3) is 2.12. The van der Waals surface area contributed by atoms with Crippen LogP contribution in [-0.4, -0.2) is 16.9 Å². The molecule has 1 saturated carbocycles. The fourth-order valence-electron chi connectivity index (χ4n) is 3.76. The number of non-ortho nitro benzene ring substituents is 1. The molecule has 0 N–H and O–H groups in total. The Labute approximate surface area is 140 Å². The Morgan fingerprint density at radius 1 is 1.17 bits per heavy atom. The molecule has 2 aromatic carbocycles. The third-order valence-electron chi connectivity index (χ3n) is 5.22. The van der Waals surface area contributed by atoms with E-state index in [1.54, 1.807) is 12.1 Å². The second kappa shape index (κ2) is 5.16. The Bertz CT molecular complexity index is 825. The number of rotatable bonds is 3. The van der Waals surface area contributed by atoms with Crippen molar-refractivity contribution in [2.24, 2.45) is 0 Å². The summed E-state index contributed by atoms with van der Waals surface area (Å²) in [7, 11) is 0. The van der Waals surface area contributed by atoms with Gasteiger partial charge >= 0.3 is 0 Å². The van der Waals surface area contributed by atoms with Crippen LogP contribution in [0.1, 0.15) is 30.9 Å². The number of carbonyl (C=O) groups is 1. The van der Waals surface area contributed by atoms with Crippen LogP contribution in [0.15, 0.2) is 48.5 Å². The number of benzene rings is 2. The molecule has 0 radical (unpaired) electrons. The Hall–Kier alpha value is -2.69. The number of fused-ring (bicyclic) bond motifs is 1. The number of hydrogen-bond acceptors (Lipinski definition) is 3. The molecule has 1 heterocycles. The molecule has 0 unspecified atom stereocenters. The van der Waals surface area contributed by atoms with E-state index in [4.69, 9.17) is 0 Å². The maximum atomic E-state index is 13.3. The quantitative estimate of drug-likeness (QED) is 0.640. The highest BCUT2D eigenvalue weighted by atomic mass is 16.6. The second-order valence-corrected chi connectivity index (χ2v) is 6.74. The summed E-state index contributed by atoms with van der Waals surface area (Å²) in [4.78, 5) is 25.7. The van der Waals surface area contributed by atoms with Crippen LogP contribution in [0.5, 0.6) is 0 Å². The van der Waals surface area contributed by atoms with Gasteiger partial charge in [-0.05, 0) is 43.4 Å². The molecule has 1 atom stereocenters. The van der Waals surface area contributed by atoms with Crippen LogP contribution < -0.4 is 4.90 Å². The lowest BCUT2D eigenvalue weighted by Crippen LogP contribution is -2.42. The van der Waals surface area contributed by atoms with Gasteiger partial charge < -0.3 is 4.90 Å². The van der Waals surface area contributed by atoms with Gasteiger partial charge in [0.2, 0.25) is 5.91 Å². The highest BCUT2D eigenvalue weighted by molar-refractivity contribution is 6.05. The van der Waals surface area contributed by atoms with Gasteiger partial charge in [-0.15, -0.1) is 0 Å². The number of nitrogens with zero attached hydrogens (tertiary/aromatic N) is 2. The van der Waals surface area contributed by atoms with Crippen LogP contribution in [0.25, 0.3) is 0 Å². The SMILES string of the molecule is C[C@H]1Cc2ccccc2N1C(=O)C1(c2ccc([N+](=O)[O-])cc2)CC1. The summed E-state index contributed by atoms with van der Waals surface area (Å²) in [5.74, 6) is 0.119. The zero-order valence-electron chi connectivity index (χ0n) is 13.4. The minimum Gasteiger partial charge on any atom is -0.308 e. The van der Waals surface area contributed by atoms with Crippen LogP contribution >= 0.6 is 0 Å². The second-order valence-electron chi connectivity index (χ2n) is 6.74. The van der Waals surface area contributed by atoms with Crippen molar-refractivity contribution in [1.29, 1.82) is 0 Å². The van der Waals surface area contributed by atoms with Crippen molar-refractivity contribution in [1.82, 2.24) is 0 Å². The molecule has 0 spiro atoms. The normalized spacial score (nSPS) is 20.5. The molecular weight excluding hydrogens is 304 g/mol. The summed E-state index contributed by atoms with van der Waals surface area (Å²) in [6, 6.07) is 14.6. The Balaban J connectivity index is 1.68. The molecule has 2 aliphatic rings. The predicted molar refractivity (Wildman–Crippen MR) is 91.1 cm³/mol. The van der Waals surface area contributed by atoms with Crippen molar-refractivity contribution in [3.63, 3.8) is 0 Å². The van der Waals surface area contributed by atoms with E-state index in [0.717, 1.165) is 30.5 Å². The largest absolute Gasteiger partial charge is 0.308 e. The number of carbonyl (C=O) groups excluding carboxylic acids is 1. The van der Waals surface area contributed by atoms with Crippen LogP contribution in [0.4, 0.5) is 11.4 Å². The summed E-state index contributed by atoms with van der Waals surface area (Å²) >= 11 is 0. The van der Waals surface area contributed by atoms with Crippen molar-refractivity contribution in [2.45, 2.75) is 37.6 Å². The van der Waals surface area contributed by atoms with Gasteiger partial charge in [0.25, 0.3) is 5.69 Å². The average Bonchev–Trinajstić information content (AvgIpc) is 3.32. The van der Waals surface area contributed by atoms with Gasteiger partial charge in [0.15, 0.2) is 0 Å². The smallest absolute Gasteiger partial charge is 0.269 e. The highest BCUT2D eigenvalue weighted by Gasteiger charge is 2.54. The summed E-state index contributed by atoms with van der Waals surface area (Å²) in [5.41, 5.74) is 2.64. The topological polar surface area (TPSA) is 63.5 Å². The summed E-state index contributed by atoms with van der Waals surface area (Å²) < 4.78 is 0. The molecule has 122 valence electrons. The van der Waals surface area contributed by atoms with Crippen LogP contribution in [-0.2, 0) is 16.6 Å². The maximum absolute atomic E-state index is 13.3. The molecule has 24 heavy (non-hydrogen) atoms. The molecule has 1 fully saturated rings. The zero-order chi connectivity index (χ0) is 16.9. The van der Waals surface area contributed by atoms with Crippen molar-refractivity contribution in [3.8, 4) is 0 Å². The highest BCUT2D eigenvalue weighted by Crippen LogP contribution is 2.51. The van der Waals surface area contributed by atoms with Gasteiger partial charge in [0.05, 0.1) is 10.3 Å². The molecule has 1 amide bonds. The van der Waals surface area contributed by atoms with E-state index in [1.165, 1.54) is 17.7 Å². The van der Waals surface area contributed by atoms with Crippen LogP contribution in [0.2, 0.25) is 0 Å². The van der Waals surface area contributed by atoms with Crippen molar-refractivity contribution >= 4 is 17.3 Å². The minimum absolute atomic E-state index is 0.0573. The van der Waals surface area contributed by atoms with E-state index in [9.17, 15) is 14.9 Å². The van der Waals surface area contributed by atoms with Gasteiger partial charge in [-0.25, -0.2) is 0 Å². The fraction of sp³-hybridized carbons (Fsp3) is 0.316. The maximum Gasteiger partial charge on any atom is 0.269 e. The number of amides is 1. The summed E-state index contributed by atoms with van der Waals surface area (Å²) in [6.45, 7) is 2.07. The molecule has 0 saturated heterocycles. The van der Waals surface area contributed by atoms with Gasteiger partial charge in [-0.3, -0.25) is 14.9 Å². The lowest BCUT2D eigenvalue weighted by atomic mass is 9.93. The molecule has 4 rings (SSSR count). The van der Waals surface area contributed by atoms with Crippen LogP contribution in [0, 0.1) is 10.1 Å². The van der Waals surface area contributed by atoms with E-state index in [1.807, 2.05) is 23.1 Å². The molecule has 1 aliphatic carbocycles. The molecule has 0 bridgehead atoms. The molecule has 1 aliphatic heterocycles. The monoisotopic (exact) mass is 322 g/mol. The van der Waals surface area contributed by atoms with Crippen molar-refractivity contribution in [3.05, 3.63) is 69.8 Å². The van der Waals surface area contributed by atoms with E-state index in [0.29, 0.717) is 0 Å². The van der Waals surface area contributed by atoms with Gasteiger partial charge in [0.1, 0.15) is 0 Å². The molecule has 5 heteroatoms. The van der Waals surface area contributed by atoms with Crippen molar-refractivity contribution < 1.29 is 9.72 Å². The standard InChI is InChI=1S/C19H18N2O3/c1-13-12-14-4-2-3-5-17(14)20(13)18(22)19(10-11-19)15-6-8-16(9-7-15)21(23)24/h2-9,13H,10-12H2,1H3/t13-/m0/s1.